The van der Waals surface area contributed by atoms with E-state index in [2.05, 4.69) is 21.2 Å². The fraction of sp³-hybridized carbons (Fsp3) is 0.360. The van der Waals surface area contributed by atoms with Crippen LogP contribution in [0.15, 0.2) is 59.3 Å². The van der Waals surface area contributed by atoms with Gasteiger partial charge in [-0.25, -0.2) is 0 Å². The number of amides is 3. The summed E-state index contributed by atoms with van der Waals surface area (Å²) in [6.45, 7) is 0.644. The zero-order chi connectivity index (χ0) is 26.4. The van der Waals surface area contributed by atoms with E-state index in [1.807, 2.05) is 0 Å². The largest absolute Gasteiger partial charge is 0.424 e. The van der Waals surface area contributed by atoms with E-state index >= 15 is 0 Å². The quantitative estimate of drug-likeness (QED) is 0.377. The minimum absolute atomic E-state index is 0.0204. The standard InChI is InChI=1S/C25H27F3N6O3/c26-25(27,28)18-11-19(30-22(35)10-16-4-2-1-3-5-16)13-20(12-18)31-24(36)32-23-15-34(33-37-23)21-8-6-17(14-29)7-9-21/h1-5,11-13,15,17,21H,6-10,14,29H2,(H2-,30,31,32,33,35,36). The number of rotatable bonds is 7. The van der Waals surface area contributed by atoms with Gasteiger partial charge < -0.3 is 26.2 Å². The summed E-state index contributed by atoms with van der Waals surface area (Å²) in [5, 5.41) is 12.4. The summed E-state index contributed by atoms with van der Waals surface area (Å²) in [7, 11) is 0. The number of nitrogens with one attached hydrogen (secondary N) is 2. The Hall–Kier alpha value is -3.93. The molecule has 1 heterocycles. The van der Waals surface area contributed by atoms with Gasteiger partial charge in [0.2, 0.25) is 18.0 Å². The molecule has 3 amide bonds. The van der Waals surface area contributed by atoms with Crippen LogP contribution in [0.4, 0.5) is 35.2 Å². The normalized spacial score (nSPS) is 17.7. The first-order valence-corrected chi connectivity index (χ1v) is 11.9. The van der Waals surface area contributed by atoms with E-state index in [1.54, 1.807) is 35.0 Å². The second-order valence-electron chi connectivity index (χ2n) is 8.98. The van der Waals surface area contributed by atoms with Gasteiger partial charge in [-0.05, 0) is 54.8 Å². The highest BCUT2D eigenvalue weighted by Crippen LogP contribution is 2.34. The number of benzene rings is 2. The van der Waals surface area contributed by atoms with Crippen LogP contribution in [0.25, 0.3) is 5.32 Å². The summed E-state index contributed by atoms with van der Waals surface area (Å²) in [6.07, 6.45) is 0.432. The second-order valence-corrected chi connectivity index (χ2v) is 8.98. The highest BCUT2D eigenvalue weighted by Gasteiger charge is 2.31. The van der Waals surface area contributed by atoms with Gasteiger partial charge in [-0.1, -0.05) is 35.0 Å². The summed E-state index contributed by atoms with van der Waals surface area (Å²) in [5.41, 5.74) is 5.09. The number of anilines is 2. The third-order valence-electron chi connectivity index (χ3n) is 6.21. The number of nitrogens with two attached hydrogens (primary N) is 1. The third kappa shape index (κ3) is 7.29. The van der Waals surface area contributed by atoms with Crippen molar-refractivity contribution in [1.82, 2.24) is 5.27 Å². The Kier molecular flexibility index (Phi) is 8.07. The Labute approximate surface area is 211 Å². The number of carbonyl (C=O) groups is 2. The first-order chi connectivity index (χ1) is 17.7. The van der Waals surface area contributed by atoms with Crippen LogP contribution in [-0.4, -0.2) is 23.8 Å². The minimum atomic E-state index is -4.70. The maximum atomic E-state index is 13.5. The molecule has 0 unspecified atom stereocenters. The Balaban J connectivity index is 1.41. The Morgan fingerprint density at radius 1 is 1.05 bits per heavy atom. The lowest BCUT2D eigenvalue weighted by atomic mass is 9.86. The van der Waals surface area contributed by atoms with Crippen LogP contribution >= 0.6 is 0 Å². The van der Waals surface area contributed by atoms with E-state index in [1.165, 1.54) is 12.3 Å². The summed E-state index contributed by atoms with van der Waals surface area (Å²) < 4.78 is 47.1. The Morgan fingerprint density at radius 3 is 2.38 bits per heavy atom. The van der Waals surface area contributed by atoms with Crippen molar-refractivity contribution in [3.8, 4) is 0 Å². The maximum Gasteiger partial charge on any atom is 0.416 e. The van der Waals surface area contributed by atoms with Crippen LogP contribution in [0, 0.1) is 5.92 Å². The average molecular weight is 517 g/mol. The number of hydrogen-bond acceptors (Lipinski definition) is 5. The summed E-state index contributed by atoms with van der Waals surface area (Å²) in [5.74, 6) is -0.0971. The molecular weight excluding hydrogens is 489 g/mol. The molecule has 0 bridgehead atoms. The van der Waals surface area contributed by atoms with E-state index in [0.717, 1.165) is 37.8 Å². The molecule has 12 heteroatoms. The van der Waals surface area contributed by atoms with Gasteiger partial charge in [0.05, 0.1) is 12.0 Å². The summed E-state index contributed by atoms with van der Waals surface area (Å²) >= 11 is 0. The zero-order valence-electron chi connectivity index (χ0n) is 19.9. The predicted octanol–water partition coefficient (Wildman–Crippen LogP) is 5.09. The molecule has 4 N–H and O–H groups in total. The van der Waals surface area contributed by atoms with Crippen LogP contribution in [0.1, 0.15) is 42.9 Å². The molecule has 0 saturated heterocycles. The van der Waals surface area contributed by atoms with Crippen molar-refractivity contribution in [2.75, 3.05) is 17.2 Å². The third-order valence-corrected chi connectivity index (χ3v) is 6.21. The topological polar surface area (TPSA) is 128 Å². The molecular formula is C25H27F3N6O3. The predicted molar refractivity (Wildman–Crippen MR) is 129 cm³/mol. The lowest BCUT2D eigenvalue weighted by Crippen LogP contribution is -2.43. The van der Waals surface area contributed by atoms with Crippen molar-refractivity contribution in [2.24, 2.45) is 11.7 Å². The molecule has 4 rings (SSSR count). The van der Waals surface area contributed by atoms with Gasteiger partial charge in [-0.2, -0.15) is 13.2 Å². The molecule has 0 atom stereocenters. The molecule has 37 heavy (non-hydrogen) atoms. The molecule has 0 radical (unpaired) electrons. The van der Waals surface area contributed by atoms with Crippen LogP contribution in [0.5, 0.6) is 0 Å². The monoisotopic (exact) mass is 516 g/mol. The fourth-order valence-corrected chi connectivity index (χ4v) is 4.29. The van der Waals surface area contributed by atoms with Crippen molar-refractivity contribution < 1.29 is 32.0 Å². The highest BCUT2D eigenvalue weighted by atomic mass is 19.4. The van der Waals surface area contributed by atoms with E-state index < -0.39 is 23.7 Å². The second kappa shape index (κ2) is 11.4. The molecule has 1 fully saturated rings. The smallest absolute Gasteiger partial charge is 0.416 e. The van der Waals surface area contributed by atoms with Crippen LogP contribution in [-0.2, 0) is 17.4 Å². The van der Waals surface area contributed by atoms with Gasteiger partial charge >= 0.3 is 6.18 Å². The molecule has 1 aromatic heterocycles. The van der Waals surface area contributed by atoms with Gasteiger partial charge in [0.15, 0.2) is 17.3 Å². The van der Waals surface area contributed by atoms with Crippen LogP contribution in [0.2, 0.25) is 0 Å². The average Bonchev–Trinajstić information content (AvgIpc) is 3.32. The number of nitrogens with zero attached hydrogens (tertiary/aromatic N) is 3. The fourth-order valence-electron chi connectivity index (χ4n) is 4.29. The van der Waals surface area contributed by atoms with Gasteiger partial charge in [-0.3, -0.25) is 9.59 Å². The number of aromatic nitrogens is 2. The molecule has 196 valence electrons. The minimum Gasteiger partial charge on any atom is -0.424 e. The highest BCUT2D eigenvalue weighted by molar-refractivity contribution is 6.04. The number of alkyl halides is 3. The Bertz CT molecular complexity index is 1220. The van der Waals surface area contributed by atoms with E-state index in [9.17, 15) is 22.8 Å². The van der Waals surface area contributed by atoms with Crippen molar-refractivity contribution in [3.63, 3.8) is 0 Å². The van der Waals surface area contributed by atoms with E-state index in [4.69, 9.17) is 10.3 Å². The molecule has 3 aromatic rings. The molecule has 9 nitrogen and oxygen atoms in total. The lowest BCUT2D eigenvalue weighted by molar-refractivity contribution is -0.787. The van der Waals surface area contributed by atoms with Crippen LogP contribution < -0.4 is 21.0 Å². The summed E-state index contributed by atoms with van der Waals surface area (Å²) in [6, 6.07) is 10.7. The number of carbonyl (C=O) groups excluding carboxylic acids is 2. The van der Waals surface area contributed by atoms with Gasteiger partial charge in [-0.15, -0.1) is 0 Å². The summed E-state index contributed by atoms with van der Waals surface area (Å²) in [4.78, 5) is 24.8. The molecule has 2 aromatic carbocycles. The lowest BCUT2D eigenvalue weighted by Gasteiger charge is -2.21. The number of hydrogen-bond donors (Lipinski definition) is 3. The van der Waals surface area contributed by atoms with Crippen molar-refractivity contribution in [2.45, 2.75) is 44.3 Å². The Morgan fingerprint density at radius 2 is 1.73 bits per heavy atom. The molecule has 0 spiro atoms. The number of halogens is 3. The molecule has 1 saturated carbocycles. The molecule has 0 aliphatic heterocycles. The van der Waals surface area contributed by atoms with Crippen molar-refractivity contribution >= 4 is 29.2 Å². The first-order valence-electron chi connectivity index (χ1n) is 11.9. The van der Waals surface area contributed by atoms with E-state index in [-0.39, 0.29) is 29.7 Å². The zero-order valence-corrected chi connectivity index (χ0v) is 19.9. The van der Waals surface area contributed by atoms with Crippen molar-refractivity contribution in [1.29, 1.82) is 0 Å². The van der Waals surface area contributed by atoms with Gasteiger partial charge in [0.25, 0.3) is 0 Å². The van der Waals surface area contributed by atoms with E-state index in [0.29, 0.717) is 18.0 Å². The first kappa shape index (κ1) is 26.1. The van der Waals surface area contributed by atoms with Crippen molar-refractivity contribution in [3.05, 3.63) is 71.2 Å². The van der Waals surface area contributed by atoms with Crippen LogP contribution in [0.3, 0.4) is 0 Å². The molecule has 1 aliphatic carbocycles. The molecule has 1 aliphatic rings. The maximum absolute atomic E-state index is 13.5. The number of urea groups is 1. The van der Waals surface area contributed by atoms with Gasteiger partial charge in [0, 0.05) is 18.5 Å². The van der Waals surface area contributed by atoms with Gasteiger partial charge in [0.1, 0.15) is 0 Å². The SMILES string of the molecule is NCC1CCC([n+]2cc([N-]C(=O)Nc3cc(NC(=O)Cc4ccccc4)cc(C(F)(F)F)c3)on2)CC1.